The van der Waals surface area contributed by atoms with Crippen LogP contribution in [0.2, 0.25) is 0 Å². The molecule has 2 aliphatic heterocycles. The highest BCUT2D eigenvalue weighted by Gasteiger charge is 2.35. The van der Waals surface area contributed by atoms with Crippen LogP contribution in [0.5, 0.6) is 0 Å². The van der Waals surface area contributed by atoms with Crippen LogP contribution >= 0.6 is 11.3 Å². The number of carbonyl (C=O) groups excluding carboxylic acids is 2. The number of likely N-dealkylation sites (tertiary alicyclic amines) is 1. The molecule has 0 radical (unpaired) electrons. The molecule has 2 fully saturated rings. The van der Waals surface area contributed by atoms with Crippen LogP contribution in [0.1, 0.15) is 29.6 Å². The summed E-state index contributed by atoms with van der Waals surface area (Å²) in [6.45, 7) is 1.52. The normalized spacial score (nSPS) is 27.6. The van der Waals surface area contributed by atoms with Gasteiger partial charge in [-0.05, 0) is 30.2 Å². The van der Waals surface area contributed by atoms with E-state index in [1.165, 1.54) is 0 Å². The van der Waals surface area contributed by atoms with Crippen molar-refractivity contribution in [2.45, 2.75) is 25.3 Å². The third kappa shape index (κ3) is 2.14. The predicted octanol–water partition coefficient (Wildman–Crippen LogP) is 1.49. The fourth-order valence-corrected chi connectivity index (χ4v) is 3.49. The van der Waals surface area contributed by atoms with E-state index in [9.17, 15) is 9.59 Å². The number of rotatable bonds is 1. The number of carbonyl (C=O) groups is 2. The lowest BCUT2D eigenvalue weighted by atomic mass is 9.85. The Hall–Kier alpha value is -1.36. The third-order valence-corrected chi connectivity index (χ3v) is 4.56. The van der Waals surface area contributed by atoms with Crippen molar-refractivity contribution in [2.24, 2.45) is 5.92 Å². The fraction of sp³-hybridized carbons (Fsp3) is 0.538. The molecule has 2 atom stereocenters. The second-order valence-corrected chi connectivity index (χ2v) is 5.80. The van der Waals surface area contributed by atoms with E-state index in [2.05, 4.69) is 5.32 Å². The molecule has 1 aromatic rings. The smallest absolute Gasteiger partial charge is 0.254 e. The van der Waals surface area contributed by atoms with Crippen molar-refractivity contribution in [1.82, 2.24) is 10.2 Å². The molecule has 2 unspecified atom stereocenters. The Morgan fingerprint density at radius 1 is 1.44 bits per heavy atom. The van der Waals surface area contributed by atoms with Crippen molar-refractivity contribution in [1.29, 1.82) is 0 Å². The van der Waals surface area contributed by atoms with E-state index >= 15 is 0 Å². The molecule has 1 N–H and O–H groups in total. The lowest BCUT2D eigenvalue weighted by molar-refractivity contribution is -0.125. The number of nitrogens with one attached hydrogen (secondary N) is 1. The zero-order valence-electron chi connectivity index (χ0n) is 10.1. The molecule has 0 spiro atoms. The quantitative estimate of drug-likeness (QED) is 0.835. The van der Waals surface area contributed by atoms with E-state index in [1.54, 1.807) is 11.3 Å². The van der Waals surface area contributed by atoms with Gasteiger partial charge in [0.1, 0.15) is 0 Å². The summed E-state index contributed by atoms with van der Waals surface area (Å²) >= 11 is 1.55. The summed E-state index contributed by atoms with van der Waals surface area (Å²) in [6.07, 6.45) is 2.39. The Labute approximate surface area is 110 Å². The third-order valence-electron chi connectivity index (χ3n) is 3.88. The summed E-state index contributed by atoms with van der Waals surface area (Å²) < 4.78 is 0. The van der Waals surface area contributed by atoms with Crippen molar-refractivity contribution in [2.75, 3.05) is 13.1 Å². The van der Waals surface area contributed by atoms with Crippen LogP contribution in [0.15, 0.2) is 16.8 Å². The number of fused-ring (bicyclic) bond motifs is 1. The van der Waals surface area contributed by atoms with E-state index in [4.69, 9.17) is 0 Å². The molecule has 3 heterocycles. The molecule has 18 heavy (non-hydrogen) atoms. The largest absolute Gasteiger partial charge is 0.353 e. The number of nitrogens with zero attached hydrogens (tertiary/aromatic N) is 1. The zero-order valence-corrected chi connectivity index (χ0v) is 10.9. The van der Waals surface area contributed by atoms with E-state index < -0.39 is 0 Å². The summed E-state index contributed by atoms with van der Waals surface area (Å²) in [5.41, 5.74) is 0.790. The van der Waals surface area contributed by atoms with Crippen LogP contribution in [0, 0.1) is 5.92 Å². The van der Waals surface area contributed by atoms with Crippen molar-refractivity contribution >= 4 is 23.2 Å². The molecule has 0 bridgehead atoms. The molecular weight excluding hydrogens is 248 g/mol. The molecule has 3 rings (SSSR count). The summed E-state index contributed by atoms with van der Waals surface area (Å²) in [4.78, 5) is 25.5. The highest BCUT2D eigenvalue weighted by atomic mass is 32.1. The lowest BCUT2D eigenvalue weighted by Gasteiger charge is -2.41. The van der Waals surface area contributed by atoms with Crippen LogP contribution in [-0.4, -0.2) is 35.8 Å². The Kier molecular flexibility index (Phi) is 3.07. The fourth-order valence-electron chi connectivity index (χ4n) is 2.86. The zero-order chi connectivity index (χ0) is 12.5. The SMILES string of the molecule is O=C1CCC2CN(C(=O)c3ccsc3)CCC2N1. The molecule has 96 valence electrons. The first-order chi connectivity index (χ1) is 8.74. The van der Waals surface area contributed by atoms with Crippen molar-refractivity contribution < 1.29 is 9.59 Å². The molecule has 1 aromatic heterocycles. The van der Waals surface area contributed by atoms with Gasteiger partial charge in [-0.2, -0.15) is 11.3 Å². The van der Waals surface area contributed by atoms with E-state index in [0.717, 1.165) is 31.5 Å². The second kappa shape index (κ2) is 4.72. The number of hydrogen-bond donors (Lipinski definition) is 1. The number of piperidine rings is 2. The molecule has 0 aliphatic carbocycles. The van der Waals surface area contributed by atoms with Gasteiger partial charge in [0.05, 0.1) is 5.56 Å². The maximum atomic E-state index is 12.2. The van der Waals surface area contributed by atoms with Crippen LogP contribution in [0.25, 0.3) is 0 Å². The second-order valence-electron chi connectivity index (χ2n) is 5.02. The number of thiophene rings is 1. The first kappa shape index (κ1) is 11.7. The molecule has 2 aliphatic rings. The van der Waals surface area contributed by atoms with Gasteiger partial charge in [0, 0.05) is 30.9 Å². The molecule has 0 aromatic carbocycles. The Balaban J connectivity index is 1.67. The molecule has 2 amide bonds. The highest BCUT2D eigenvalue weighted by molar-refractivity contribution is 7.08. The van der Waals surface area contributed by atoms with Crippen molar-refractivity contribution in [3.05, 3.63) is 22.4 Å². The van der Waals surface area contributed by atoms with Gasteiger partial charge < -0.3 is 10.2 Å². The van der Waals surface area contributed by atoms with Gasteiger partial charge in [-0.25, -0.2) is 0 Å². The maximum Gasteiger partial charge on any atom is 0.254 e. The number of hydrogen-bond acceptors (Lipinski definition) is 3. The summed E-state index contributed by atoms with van der Waals surface area (Å²) in [7, 11) is 0. The highest BCUT2D eigenvalue weighted by Crippen LogP contribution is 2.26. The molecule has 4 nitrogen and oxygen atoms in total. The summed E-state index contributed by atoms with van der Waals surface area (Å²) in [6, 6.07) is 2.15. The molecule has 2 saturated heterocycles. The minimum Gasteiger partial charge on any atom is -0.353 e. The topological polar surface area (TPSA) is 49.4 Å². The Bertz CT molecular complexity index is 458. The lowest BCUT2D eigenvalue weighted by Crippen LogP contribution is -2.55. The molecule has 0 saturated carbocycles. The first-order valence-corrected chi connectivity index (χ1v) is 7.29. The summed E-state index contributed by atoms with van der Waals surface area (Å²) in [5.74, 6) is 0.722. The average Bonchev–Trinajstić information content (AvgIpc) is 2.91. The van der Waals surface area contributed by atoms with Gasteiger partial charge in [0.2, 0.25) is 5.91 Å². The molecule has 5 heteroatoms. The first-order valence-electron chi connectivity index (χ1n) is 6.35. The van der Waals surface area contributed by atoms with Gasteiger partial charge in [0.15, 0.2) is 0 Å². The van der Waals surface area contributed by atoms with Crippen LogP contribution < -0.4 is 5.32 Å². The minimum absolute atomic E-state index is 0.131. The van der Waals surface area contributed by atoms with E-state index in [1.807, 2.05) is 21.7 Å². The Morgan fingerprint density at radius 2 is 2.33 bits per heavy atom. The van der Waals surface area contributed by atoms with Crippen LogP contribution in [0.4, 0.5) is 0 Å². The van der Waals surface area contributed by atoms with Gasteiger partial charge in [-0.3, -0.25) is 9.59 Å². The standard InChI is InChI=1S/C13H16N2O2S/c16-12-2-1-9-7-15(5-3-11(9)14-12)13(17)10-4-6-18-8-10/h4,6,8-9,11H,1-3,5,7H2,(H,14,16). The monoisotopic (exact) mass is 264 g/mol. The Morgan fingerprint density at radius 3 is 3.11 bits per heavy atom. The van der Waals surface area contributed by atoms with Crippen molar-refractivity contribution in [3.8, 4) is 0 Å². The average molecular weight is 264 g/mol. The van der Waals surface area contributed by atoms with Crippen LogP contribution in [0.3, 0.4) is 0 Å². The van der Waals surface area contributed by atoms with E-state index in [0.29, 0.717) is 12.3 Å². The van der Waals surface area contributed by atoms with Gasteiger partial charge in [-0.1, -0.05) is 0 Å². The predicted molar refractivity (Wildman–Crippen MR) is 69.5 cm³/mol. The summed E-state index contributed by atoms with van der Waals surface area (Å²) in [5, 5.41) is 6.87. The maximum absolute atomic E-state index is 12.2. The van der Waals surface area contributed by atoms with Crippen molar-refractivity contribution in [3.63, 3.8) is 0 Å². The number of amides is 2. The van der Waals surface area contributed by atoms with Gasteiger partial charge in [-0.15, -0.1) is 0 Å². The van der Waals surface area contributed by atoms with E-state index in [-0.39, 0.29) is 17.9 Å². The van der Waals surface area contributed by atoms with Gasteiger partial charge in [0.25, 0.3) is 5.91 Å². The van der Waals surface area contributed by atoms with Gasteiger partial charge >= 0.3 is 0 Å². The molecular formula is C13H16N2O2S. The van der Waals surface area contributed by atoms with Crippen LogP contribution in [-0.2, 0) is 4.79 Å². The minimum atomic E-state index is 0.131.